The Labute approximate surface area is 195 Å². The fourth-order valence-electron chi connectivity index (χ4n) is 3.53. The fraction of sp³-hybridized carbons (Fsp3) is 0.261. The number of nitrogens with zero attached hydrogens (tertiary/aromatic N) is 5. The van der Waals surface area contributed by atoms with E-state index in [0.29, 0.717) is 23.5 Å². The lowest BCUT2D eigenvalue weighted by Crippen LogP contribution is -2.21. The highest BCUT2D eigenvalue weighted by Crippen LogP contribution is 2.24. The molecule has 3 N–H and O–H groups in total. The molecule has 3 heterocycles. The van der Waals surface area contributed by atoms with E-state index in [-0.39, 0.29) is 12.2 Å². The summed E-state index contributed by atoms with van der Waals surface area (Å²) >= 11 is 1.54. The van der Waals surface area contributed by atoms with Gasteiger partial charge in [0, 0.05) is 41.6 Å². The molecule has 0 aliphatic carbocycles. The molecule has 9 nitrogen and oxygen atoms in total. The van der Waals surface area contributed by atoms with E-state index in [9.17, 15) is 9.90 Å². The van der Waals surface area contributed by atoms with Crippen LogP contribution in [0, 0.1) is 0 Å². The number of benzene rings is 1. The van der Waals surface area contributed by atoms with Crippen LogP contribution in [0.2, 0.25) is 0 Å². The van der Waals surface area contributed by atoms with Crippen LogP contribution in [0.25, 0.3) is 16.7 Å². The molecule has 10 heteroatoms. The van der Waals surface area contributed by atoms with Crippen molar-refractivity contribution in [2.75, 3.05) is 37.8 Å². The Balaban J connectivity index is 1.66. The number of anilines is 3. The summed E-state index contributed by atoms with van der Waals surface area (Å²) in [6, 6.07) is 7.62. The molecule has 33 heavy (non-hydrogen) atoms. The molecule has 0 amide bonds. The number of allylic oxidation sites excluding steroid dienone is 1. The highest BCUT2D eigenvalue weighted by atomic mass is 32.1. The third-order valence-electron chi connectivity index (χ3n) is 5.13. The lowest BCUT2D eigenvalue weighted by Gasteiger charge is -2.15. The van der Waals surface area contributed by atoms with E-state index in [0.717, 1.165) is 35.7 Å². The van der Waals surface area contributed by atoms with Gasteiger partial charge in [-0.2, -0.15) is 16.3 Å². The van der Waals surface area contributed by atoms with Gasteiger partial charge in [-0.25, -0.2) is 14.3 Å². The first kappa shape index (κ1) is 22.7. The third kappa shape index (κ3) is 4.82. The molecule has 4 rings (SSSR count). The monoisotopic (exact) mass is 465 g/mol. The topological polar surface area (TPSA) is 100 Å². The van der Waals surface area contributed by atoms with Gasteiger partial charge in [0.25, 0.3) is 5.56 Å². The van der Waals surface area contributed by atoms with Crippen molar-refractivity contribution >= 4 is 39.7 Å². The van der Waals surface area contributed by atoms with Gasteiger partial charge in [0.2, 0.25) is 5.95 Å². The van der Waals surface area contributed by atoms with Crippen molar-refractivity contribution in [2.24, 2.45) is 0 Å². The molecule has 0 saturated carbocycles. The second-order valence-electron chi connectivity index (χ2n) is 7.79. The van der Waals surface area contributed by atoms with Crippen LogP contribution in [0.15, 0.2) is 58.7 Å². The van der Waals surface area contributed by atoms with Gasteiger partial charge in [-0.15, -0.1) is 6.58 Å². The Bertz CT molecular complexity index is 1310. The average molecular weight is 466 g/mol. The SMILES string of the molecule is C=CCn1c(=O)c2cnc(Nc3ccc(NCCN(C)C)c(CO)c3)nc2n1-c1ccsc1. The maximum Gasteiger partial charge on any atom is 0.278 e. The lowest BCUT2D eigenvalue weighted by atomic mass is 10.1. The maximum atomic E-state index is 12.9. The standard InChI is InChI=1S/C23H27N7O2S/c1-4-9-29-22(32)19-13-25-23(27-21(19)30(29)18-7-11-33-15-18)26-17-5-6-20(16(12-17)14-31)24-8-10-28(2)3/h4-7,11-13,15,24,31H,1,8-10,14H2,2-3H3,(H,25,26,27). The summed E-state index contributed by atoms with van der Waals surface area (Å²) in [6.45, 7) is 5.69. The average Bonchev–Trinajstić information content (AvgIpc) is 3.41. The van der Waals surface area contributed by atoms with Crippen LogP contribution >= 0.6 is 11.3 Å². The summed E-state index contributed by atoms with van der Waals surface area (Å²) in [5, 5.41) is 20.7. The van der Waals surface area contributed by atoms with Crippen LogP contribution in [0.4, 0.5) is 17.3 Å². The first-order valence-corrected chi connectivity index (χ1v) is 11.5. The number of rotatable bonds is 10. The molecule has 1 aromatic carbocycles. The number of likely N-dealkylation sites (N-methyl/N-ethyl adjacent to an activating group) is 1. The number of aliphatic hydroxyl groups excluding tert-OH is 1. The summed E-state index contributed by atoms with van der Waals surface area (Å²) in [4.78, 5) is 24.0. The Morgan fingerprint density at radius 3 is 2.85 bits per heavy atom. The van der Waals surface area contributed by atoms with Crippen LogP contribution in [0.5, 0.6) is 0 Å². The number of thiophene rings is 1. The van der Waals surface area contributed by atoms with Gasteiger partial charge in [0.1, 0.15) is 5.39 Å². The van der Waals surface area contributed by atoms with Crippen molar-refractivity contribution in [1.82, 2.24) is 24.2 Å². The molecule has 0 saturated heterocycles. The van der Waals surface area contributed by atoms with Crippen molar-refractivity contribution in [3.05, 3.63) is 69.8 Å². The lowest BCUT2D eigenvalue weighted by molar-refractivity contribution is 0.282. The summed E-state index contributed by atoms with van der Waals surface area (Å²) in [5.41, 5.74) is 3.60. The van der Waals surface area contributed by atoms with E-state index in [1.54, 1.807) is 33.0 Å². The molecular weight excluding hydrogens is 438 g/mol. The Hall–Kier alpha value is -3.47. The molecule has 0 radical (unpaired) electrons. The second kappa shape index (κ2) is 9.99. The second-order valence-corrected chi connectivity index (χ2v) is 8.57. The molecule has 0 bridgehead atoms. The minimum absolute atomic E-state index is 0.0954. The predicted octanol–water partition coefficient (Wildman–Crippen LogP) is 3.04. The van der Waals surface area contributed by atoms with Gasteiger partial charge in [0.15, 0.2) is 5.65 Å². The van der Waals surface area contributed by atoms with Gasteiger partial charge in [-0.3, -0.25) is 4.79 Å². The van der Waals surface area contributed by atoms with Crippen LogP contribution in [-0.4, -0.2) is 56.5 Å². The van der Waals surface area contributed by atoms with E-state index in [1.165, 1.54) is 0 Å². The Morgan fingerprint density at radius 2 is 2.15 bits per heavy atom. The molecular formula is C23H27N7O2S. The molecule has 3 aromatic heterocycles. The summed E-state index contributed by atoms with van der Waals surface area (Å²) in [7, 11) is 4.03. The fourth-order valence-corrected chi connectivity index (χ4v) is 4.15. The van der Waals surface area contributed by atoms with Crippen molar-refractivity contribution < 1.29 is 5.11 Å². The van der Waals surface area contributed by atoms with Crippen molar-refractivity contribution in [2.45, 2.75) is 13.2 Å². The Morgan fingerprint density at radius 1 is 1.30 bits per heavy atom. The van der Waals surface area contributed by atoms with Crippen LogP contribution in [-0.2, 0) is 13.2 Å². The molecule has 4 aromatic rings. The zero-order valence-electron chi connectivity index (χ0n) is 18.7. The highest BCUT2D eigenvalue weighted by Gasteiger charge is 2.17. The first-order chi connectivity index (χ1) is 16.0. The smallest absolute Gasteiger partial charge is 0.278 e. The largest absolute Gasteiger partial charge is 0.392 e. The van der Waals surface area contributed by atoms with Crippen molar-refractivity contribution in [3.8, 4) is 5.69 Å². The van der Waals surface area contributed by atoms with E-state index in [1.807, 2.05) is 49.1 Å². The zero-order valence-corrected chi connectivity index (χ0v) is 19.5. The minimum atomic E-state index is -0.168. The number of fused-ring (bicyclic) bond motifs is 1. The van der Waals surface area contributed by atoms with Gasteiger partial charge in [-0.1, -0.05) is 6.08 Å². The third-order valence-corrected chi connectivity index (χ3v) is 5.81. The van der Waals surface area contributed by atoms with Gasteiger partial charge < -0.3 is 20.6 Å². The van der Waals surface area contributed by atoms with Gasteiger partial charge in [-0.05, 0) is 43.7 Å². The van der Waals surface area contributed by atoms with Crippen LogP contribution in [0.1, 0.15) is 5.56 Å². The quantitative estimate of drug-likeness (QED) is 0.310. The highest BCUT2D eigenvalue weighted by molar-refractivity contribution is 7.08. The van der Waals surface area contributed by atoms with E-state index >= 15 is 0 Å². The van der Waals surface area contributed by atoms with Crippen molar-refractivity contribution in [1.29, 1.82) is 0 Å². The molecule has 0 unspecified atom stereocenters. The number of aliphatic hydroxyl groups is 1. The first-order valence-electron chi connectivity index (χ1n) is 10.5. The van der Waals surface area contributed by atoms with Gasteiger partial charge >= 0.3 is 0 Å². The molecule has 0 fully saturated rings. The molecule has 0 atom stereocenters. The molecule has 0 aliphatic rings. The number of aromatic nitrogens is 4. The van der Waals surface area contributed by atoms with E-state index < -0.39 is 0 Å². The van der Waals surface area contributed by atoms with Gasteiger partial charge in [0.05, 0.1) is 18.8 Å². The van der Waals surface area contributed by atoms with Crippen LogP contribution in [0.3, 0.4) is 0 Å². The normalized spacial score (nSPS) is 11.3. The number of hydrogen-bond donors (Lipinski definition) is 3. The maximum absolute atomic E-state index is 12.9. The molecule has 0 spiro atoms. The summed E-state index contributed by atoms with van der Waals surface area (Å²) in [6.07, 6.45) is 3.22. The summed E-state index contributed by atoms with van der Waals surface area (Å²) in [5.74, 6) is 0.361. The summed E-state index contributed by atoms with van der Waals surface area (Å²) < 4.78 is 3.38. The number of hydrogen-bond acceptors (Lipinski definition) is 8. The molecule has 172 valence electrons. The van der Waals surface area contributed by atoms with Crippen LogP contribution < -0.4 is 16.2 Å². The van der Waals surface area contributed by atoms with E-state index in [2.05, 4.69) is 32.1 Å². The predicted molar refractivity (Wildman–Crippen MR) is 134 cm³/mol. The minimum Gasteiger partial charge on any atom is -0.392 e. The van der Waals surface area contributed by atoms with E-state index in [4.69, 9.17) is 0 Å². The number of nitrogens with one attached hydrogen (secondary N) is 2. The molecule has 0 aliphatic heterocycles. The zero-order chi connectivity index (χ0) is 23.4. The van der Waals surface area contributed by atoms with Crippen molar-refractivity contribution in [3.63, 3.8) is 0 Å². The Kier molecular flexibility index (Phi) is 6.87.